The number of aromatic nitrogens is 2. The minimum atomic E-state index is -0.300. The van der Waals surface area contributed by atoms with E-state index in [1.54, 1.807) is 30.4 Å². The van der Waals surface area contributed by atoms with Gasteiger partial charge in [-0.05, 0) is 56.5 Å². The summed E-state index contributed by atoms with van der Waals surface area (Å²) in [6.45, 7) is 12.0. The molecule has 3 aromatic rings. The predicted molar refractivity (Wildman–Crippen MR) is 176 cm³/mol. The number of anilines is 5. The van der Waals surface area contributed by atoms with Gasteiger partial charge in [-0.25, -0.2) is 19.4 Å². The molecule has 3 fully saturated rings. The number of ether oxygens (including phenoxy) is 2. The van der Waals surface area contributed by atoms with Crippen LogP contribution in [0.3, 0.4) is 0 Å². The van der Waals surface area contributed by atoms with E-state index in [1.807, 2.05) is 12.1 Å². The number of morpholine rings is 1. The van der Waals surface area contributed by atoms with Gasteiger partial charge in [-0.2, -0.15) is 0 Å². The van der Waals surface area contributed by atoms with Gasteiger partial charge in [0.25, 0.3) is 0 Å². The maximum absolute atomic E-state index is 13.6. The summed E-state index contributed by atoms with van der Waals surface area (Å²) in [5, 5.41) is 8.08. The van der Waals surface area contributed by atoms with Crippen molar-refractivity contribution in [3.63, 3.8) is 0 Å². The fourth-order valence-electron chi connectivity index (χ4n) is 6.73. The maximum atomic E-state index is 13.6. The summed E-state index contributed by atoms with van der Waals surface area (Å²) in [4.78, 5) is 32.2. The molecule has 0 spiro atoms. The molecule has 3 atom stereocenters. The summed E-state index contributed by atoms with van der Waals surface area (Å²) in [5.74, 6) is 1.09. The van der Waals surface area contributed by atoms with E-state index in [0.717, 1.165) is 56.7 Å². The first-order chi connectivity index (χ1) is 22.3. The van der Waals surface area contributed by atoms with Crippen molar-refractivity contribution in [1.82, 2.24) is 14.9 Å². The molecule has 0 aliphatic carbocycles. The third-order valence-corrected chi connectivity index (χ3v) is 8.83. The molecule has 11 nitrogen and oxygen atoms in total. The summed E-state index contributed by atoms with van der Waals surface area (Å²) in [6.07, 6.45) is 5.95. The molecule has 0 saturated carbocycles. The quantitative estimate of drug-likeness (QED) is 0.296. The molecule has 1 amide bonds. The van der Waals surface area contributed by atoms with Crippen molar-refractivity contribution < 1.29 is 23.5 Å². The Morgan fingerprint density at radius 2 is 1.78 bits per heavy atom. The van der Waals surface area contributed by atoms with Crippen LogP contribution in [0, 0.1) is 5.82 Å². The molecule has 244 valence electrons. The van der Waals surface area contributed by atoms with Gasteiger partial charge in [-0.1, -0.05) is 18.7 Å². The molecule has 3 aliphatic heterocycles. The number of halogens is 1. The third kappa shape index (κ3) is 7.09. The van der Waals surface area contributed by atoms with Crippen LogP contribution in [0.2, 0.25) is 0 Å². The number of nitrogens with one attached hydrogen (secondary N) is 2. The number of rotatable bonds is 9. The Morgan fingerprint density at radius 3 is 2.48 bits per heavy atom. The van der Waals surface area contributed by atoms with Gasteiger partial charge in [-0.15, -0.1) is 0 Å². The zero-order valence-corrected chi connectivity index (χ0v) is 26.6. The average molecular weight is 632 g/mol. The number of hydrogen-bond acceptors (Lipinski definition) is 10. The van der Waals surface area contributed by atoms with Gasteiger partial charge in [0, 0.05) is 50.8 Å². The molecule has 3 saturated heterocycles. The fourth-order valence-corrected chi connectivity index (χ4v) is 6.73. The van der Waals surface area contributed by atoms with Crippen molar-refractivity contribution in [3.8, 4) is 5.75 Å². The number of methoxy groups -OCH3 is 1. The number of nitrogens with zero attached hydrogens (tertiary/aromatic N) is 5. The Hall–Kier alpha value is -4.26. The molecule has 2 N–H and O–H groups in total. The summed E-state index contributed by atoms with van der Waals surface area (Å²) >= 11 is 0. The van der Waals surface area contributed by atoms with E-state index in [4.69, 9.17) is 14.3 Å². The summed E-state index contributed by atoms with van der Waals surface area (Å²) < 4.78 is 25.3. The highest BCUT2D eigenvalue weighted by molar-refractivity contribution is 6.02. The van der Waals surface area contributed by atoms with Crippen molar-refractivity contribution >= 4 is 34.6 Å². The smallest absolute Gasteiger partial charge is 0.247 e. The number of hydroxylamine groups is 1. The van der Waals surface area contributed by atoms with Crippen LogP contribution < -0.4 is 25.3 Å². The lowest BCUT2D eigenvalue weighted by atomic mass is 10.00. The minimum Gasteiger partial charge on any atom is -0.494 e. The molecule has 4 heterocycles. The van der Waals surface area contributed by atoms with E-state index in [9.17, 15) is 9.18 Å². The van der Waals surface area contributed by atoms with Crippen LogP contribution in [-0.4, -0.2) is 78.9 Å². The van der Waals surface area contributed by atoms with E-state index < -0.39 is 0 Å². The number of amides is 1. The van der Waals surface area contributed by atoms with E-state index in [1.165, 1.54) is 24.5 Å². The van der Waals surface area contributed by atoms with Gasteiger partial charge in [0.1, 0.15) is 23.7 Å². The van der Waals surface area contributed by atoms with Crippen LogP contribution in [0.25, 0.3) is 0 Å². The summed E-state index contributed by atoms with van der Waals surface area (Å²) in [5.41, 5.74) is 3.09. The van der Waals surface area contributed by atoms with Crippen molar-refractivity contribution in [1.29, 1.82) is 0 Å². The monoisotopic (exact) mass is 631 g/mol. The Kier molecular flexibility index (Phi) is 9.67. The lowest BCUT2D eigenvalue weighted by Crippen LogP contribution is -2.53. The van der Waals surface area contributed by atoms with Gasteiger partial charge < -0.3 is 25.0 Å². The molecular formula is C34H42FN7O4. The molecule has 1 aromatic heterocycles. The van der Waals surface area contributed by atoms with Crippen LogP contribution in [0.15, 0.2) is 61.4 Å². The Balaban J connectivity index is 1.22. The normalized spacial score (nSPS) is 22.5. The first kappa shape index (κ1) is 31.7. The van der Waals surface area contributed by atoms with Gasteiger partial charge >= 0.3 is 0 Å². The van der Waals surface area contributed by atoms with Crippen LogP contribution >= 0.6 is 0 Å². The first-order valence-corrected chi connectivity index (χ1v) is 15.9. The molecule has 0 bridgehead atoms. The SMILES string of the molecule is C=CC(=O)Nc1cc(Nc2cc(N3OCCC3c3ccc(F)cc3)ncn2)c(OC)cc1N1CCC(N2C[C@@H](C)O[C@@H](C)C2)CC1. The standard InChI is InChI=1S/C34H42FN7O4/c1-5-34(43)39-27-16-28(31(44-4)17-30(27)40-13-10-26(11-14-40)41-19-22(2)46-23(3)20-41)38-32-18-33(37-21-36-32)42-29(12-15-45-42)24-6-8-25(35)9-7-24/h5-9,16-18,21-23,26,29H,1,10-15,19-20H2,2-4H3,(H,39,43)(H,36,37,38)/t22-,23+,29?. The van der Waals surface area contributed by atoms with E-state index >= 15 is 0 Å². The highest BCUT2D eigenvalue weighted by Gasteiger charge is 2.32. The van der Waals surface area contributed by atoms with Gasteiger partial charge in [-0.3, -0.25) is 14.5 Å². The van der Waals surface area contributed by atoms with Crippen molar-refractivity contribution in [2.45, 2.75) is 57.4 Å². The van der Waals surface area contributed by atoms with Gasteiger partial charge in [0.15, 0.2) is 5.82 Å². The van der Waals surface area contributed by atoms with Crippen LogP contribution in [-0.2, 0) is 14.4 Å². The number of carbonyl (C=O) groups is 1. The second-order valence-electron chi connectivity index (χ2n) is 12.1. The second kappa shape index (κ2) is 14.0. The number of benzene rings is 2. The topological polar surface area (TPSA) is 104 Å². The largest absolute Gasteiger partial charge is 0.494 e. The highest BCUT2D eigenvalue weighted by Crippen LogP contribution is 2.40. The fraction of sp³-hybridized carbons (Fsp3) is 0.441. The maximum Gasteiger partial charge on any atom is 0.247 e. The lowest BCUT2D eigenvalue weighted by molar-refractivity contribution is -0.111. The Labute approximate surface area is 269 Å². The minimum absolute atomic E-state index is 0.114. The third-order valence-electron chi connectivity index (χ3n) is 8.83. The van der Waals surface area contributed by atoms with E-state index in [2.05, 4.69) is 50.8 Å². The molecular weight excluding hydrogens is 589 g/mol. The van der Waals surface area contributed by atoms with Crippen molar-refractivity contribution in [2.75, 3.05) is 60.5 Å². The molecule has 1 unspecified atom stereocenters. The highest BCUT2D eigenvalue weighted by atomic mass is 19.1. The second-order valence-corrected chi connectivity index (χ2v) is 12.1. The van der Waals surface area contributed by atoms with Crippen molar-refractivity contribution in [2.24, 2.45) is 0 Å². The average Bonchev–Trinajstić information content (AvgIpc) is 3.55. The molecule has 6 rings (SSSR count). The molecule has 2 aromatic carbocycles. The summed E-state index contributed by atoms with van der Waals surface area (Å²) in [6, 6.07) is 12.4. The molecule has 46 heavy (non-hydrogen) atoms. The van der Waals surface area contributed by atoms with Crippen LogP contribution in [0.4, 0.5) is 33.1 Å². The van der Waals surface area contributed by atoms with E-state index in [-0.39, 0.29) is 30.0 Å². The summed E-state index contributed by atoms with van der Waals surface area (Å²) in [7, 11) is 1.62. The zero-order valence-electron chi connectivity index (χ0n) is 26.6. The number of hydrogen-bond donors (Lipinski definition) is 2. The predicted octanol–water partition coefficient (Wildman–Crippen LogP) is 5.45. The zero-order chi connectivity index (χ0) is 32.2. The molecule has 0 radical (unpaired) electrons. The molecule has 3 aliphatic rings. The lowest BCUT2D eigenvalue weighted by Gasteiger charge is -2.44. The molecule has 12 heteroatoms. The Bertz CT molecular complexity index is 1520. The van der Waals surface area contributed by atoms with Gasteiger partial charge in [0.2, 0.25) is 5.91 Å². The first-order valence-electron chi connectivity index (χ1n) is 15.9. The number of carbonyl (C=O) groups excluding carboxylic acids is 1. The number of piperidine rings is 1. The van der Waals surface area contributed by atoms with Crippen LogP contribution in [0.1, 0.15) is 44.7 Å². The van der Waals surface area contributed by atoms with E-state index in [0.29, 0.717) is 41.4 Å². The van der Waals surface area contributed by atoms with Crippen LogP contribution in [0.5, 0.6) is 5.75 Å². The van der Waals surface area contributed by atoms with Crippen molar-refractivity contribution in [3.05, 3.63) is 72.8 Å². The Morgan fingerprint density at radius 1 is 1.04 bits per heavy atom. The van der Waals surface area contributed by atoms with Gasteiger partial charge in [0.05, 0.1) is 49.0 Å².